The van der Waals surface area contributed by atoms with Gasteiger partial charge in [0.25, 0.3) is 11.8 Å². The van der Waals surface area contributed by atoms with Gasteiger partial charge in [-0.2, -0.15) is 0 Å². The van der Waals surface area contributed by atoms with E-state index in [9.17, 15) is 19.2 Å². The summed E-state index contributed by atoms with van der Waals surface area (Å²) in [6.45, 7) is 1.69. The van der Waals surface area contributed by atoms with E-state index in [1.54, 1.807) is 24.3 Å². The summed E-state index contributed by atoms with van der Waals surface area (Å²) in [6, 6.07) is 6.04. The number of urea groups is 1. The van der Waals surface area contributed by atoms with Crippen molar-refractivity contribution in [2.45, 2.75) is 51.5 Å². The van der Waals surface area contributed by atoms with Crippen molar-refractivity contribution in [2.75, 3.05) is 19.8 Å². The Kier molecular flexibility index (Phi) is 9.63. The summed E-state index contributed by atoms with van der Waals surface area (Å²) in [7, 11) is 0. The fraction of sp³-hybridized carbons (Fsp3) is 0.524. The van der Waals surface area contributed by atoms with Crippen LogP contribution < -0.4 is 20.7 Å². The first-order valence-electron chi connectivity index (χ1n) is 10.2. The van der Waals surface area contributed by atoms with Crippen molar-refractivity contribution in [3.8, 4) is 5.75 Å². The number of hydrogen-bond donors (Lipinski definition) is 3. The van der Waals surface area contributed by atoms with Crippen LogP contribution in [0.1, 0.15) is 55.8 Å². The maximum absolute atomic E-state index is 12.1. The van der Waals surface area contributed by atoms with Gasteiger partial charge in [0.05, 0.1) is 6.61 Å². The Labute approximate surface area is 175 Å². The van der Waals surface area contributed by atoms with E-state index in [1.165, 1.54) is 0 Å². The molecule has 1 saturated carbocycles. The zero-order chi connectivity index (χ0) is 21.8. The number of nitrogens with one attached hydrogen (secondary N) is 3. The highest BCUT2D eigenvalue weighted by Gasteiger charge is 2.18. The van der Waals surface area contributed by atoms with Gasteiger partial charge in [-0.25, -0.2) is 4.79 Å². The van der Waals surface area contributed by atoms with Crippen LogP contribution in [-0.2, 0) is 14.3 Å². The molecule has 164 valence electrons. The standard InChI is InChI=1S/C21H29N3O6/c1-2-3-12-29-17-10-8-15(9-11-17)20(27)22-13-19(26)30-14-18(25)24-21(28)23-16-6-4-5-7-16/h8-11,16H,2-7,12-14H2,1H3,(H,22,27)(H2,23,24,25,28). The number of unbranched alkanes of at least 4 members (excludes halogenated alkanes) is 1. The summed E-state index contributed by atoms with van der Waals surface area (Å²) >= 11 is 0. The van der Waals surface area contributed by atoms with Gasteiger partial charge < -0.3 is 20.1 Å². The van der Waals surface area contributed by atoms with E-state index in [0.29, 0.717) is 17.9 Å². The minimum Gasteiger partial charge on any atom is -0.494 e. The maximum atomic E-state index is 12.1. The molecule has 30 heavy (non-hydrogen) atoms. The molecule has 0 saturated heterocycles. The normalized spacial score (nSPS) is 13.4. The Hall–Kier alpha value is -3.10. The lowest BCUT2D eigenvalue weighted by molar-refractivity contribution is -0.147. The second kappa shape index (κ2) is 12.5. The van der Waals surface area contributed by atoms with Crippen molar-refractivity contribution in [2.24, 2.45) is 0 Å². The number of carbonyl (C=O) groups is 4. The molecule has 1 aromatic carbocycles. The third-order valence-electron chi connectivity index (χ3n) is 4.58. The zero-order valence-corrected chi connectivity index (χ0v) is 17.2. The van der Waals surface area contributed by atoms with Crippen molar-refractivity contribution in [1.29, 1.82) is 0 Å². The van der Waals surface area contributed by atoms with Crippen LogP contribution in [0.15, 0.2) is 24.3 Å². The summed E-state index contributed by atoms with van der Waals surface area (Å²) in [5.74, 6) is -1.30. The number of amides is 4. The molecule has 1 aliphatic rings. The van der Waals surface area contributed by atoms with E-state index in [-0.39, 0.29) is 6.04 Å². The third kappa shape index (κ3) is 8.50. The topological polar surface area (TPSA) is 123 Å². The largest absolute Gasteiger partial charge is 0.494 e. The number of imide groups is 1. The summed E-state index contributed by atoms with van der Waals surface area (Å²) in [5, 5.41) is 7.23. The molecule has 4 amide bonds. The molecule has 9 nitrogen and oxygen atoms in total. The fourth-order valence-electron chi connectivity index (χ4n) is 2.94. The number of rotatable bonds is 10. The molecule has 0 radical (unpaired) electrons. The van der Waals surface area contributed by atoms with Gasteiger partial charge in [0.1, 0.15) is 12.3 Å². The minimum absolute atomic E-state index is 0.0764. The zero-order valence-electron chi connectivity index (χ0n) is 17.2. The van der Waals surface area contributed by atoms with E-state index < -0.39 is 37.0 Å². The molecule has 0 heterocycles. The van der Waals surface area contributed by atoms with Crippen molar-refractivity contribution in [3.05, 3.63) is 29.8 Å². The number of carbonyl (C=O) groups excluding carboxylic acids is 4. The second-order valence-corrected chi connectivity index (χ2v) is 7.07. The predicted molar refractivity (Wildman–Crippen MR) is 109 cm³/mol. The van der Waals surface area contributed by atoms with Crippen LogP contribution in [0.4, 0.5) is 4.79 Å². The number of hydrogen-bond acceptors (Lipinski definition) is 6. The number of esters is 1. The van der Waals surface area contributed by atoms with Gasteiger partial charge >= 0.3 is 12.0 Å². The van der Waals surface area contributed by atoms with Gasteiger partial charge in [-0.3, -0.25) is 19.7 Å². The SMILES string of the molecule is CCCCOc1ccc(C(=O)NCC(=O)OCC(=O)NC(=O)NC2CCCC2)cc1. The van der Waals surface area contributed by atoms with Crippen LogP contribution in [0.5, 0.6) is 5.75 Å². The molecule has 1 aromatic rings. The first-order valence-corrected chi connectivity index (χ1v) is 10.2. The smallest absolute Gasteiger partial charge is 0.325 e. The van der Waals surface area contributed by atoms with Gasteiger partial charge in [0.15, 0.2) is 6.61 Å². The molecule has 0 bridgehead atoms. The monoisotopic (exact) mass is 419 g/mol. The highest BCUT2D eigenvalue weighted by Crippen LogP contribution is 2.17. The molecule has 0 atom stereocenters. The van der Waals surface area contributed by atoms with Crippen LogP contribution in [-0.4, -0.2) is 49.6 Å². The first-order chi connectivity index (χ1) is 14.5. The molecule has 9 heteroatoms. The van der Waals surface area contributed by atoms with Crippen molar-refractivity contribution >= 4 is 23.8 Å². The highest BCUT2D eigenvalue weighted by molar-refractivity contribution is 5.97. The van der Waals surface area contributed by atoms with E-state index in [1.807, 2.05) is 0 Å². The number of benzene rings is 1. The van der Waals surface area contributed by atoms with Gasteiger partial charge in [0.2, 0.25) is 0 Å². The van der Waals surface area contributed by atoms with Crippen LogP contribution in [0.2, 0.25) is 0 Å². The van der Waals surface area contributed by atoms with Gasteiger partial charge in [-0.1, -0.05) is 26.2 Å². The summed E-state index contributed by atoms with van der Waals surface area (Å²) in [4.78, 5) is 47.1. The molecular weight excluding hydrogens is 390 g/mol. The van der Waals surface area contributed by atoms with Crippen LogP contribution >= 0.6 is 0 Å². The Morgan fingerprint density at radius 1 is 1.07 bits per heavy atom. The van der Waals surface area contributed by atoms with E-state index >= 15 is 0 Å². The highest BCUT2D eigenvalue weighted by atomic mass is 16.5. The average Bonchev–Trinajstić information content (AvgIpc) is 3.24. The Morgan fingerprint density at radius 3 is 2.43 bits per heavy atom. The summed E-state index contributed by atoms with van der Waals surface area (Å²) in [5.41, 5.74) is 0.368. The Bertz CT molecular complexity index is 729. The Morgan fingerprint density at radius 2 is 1.77 bits per heavy atom. The van der Waals surface area contributed by atoms with Crippen molar-refractivity contribution in [1.82, 2.24) is 16.0 Å². The first kappa shape index (κ1) is 23.2. The quantitative estimate of drug-likeness (QED) is 0.393. The maximum Gasteiger partial charge on any atom is 0.325 e. The number of ether oxygens (including phenoxy) is 2. The minimum atomic E-state index is -0.783. The molecule has 1 aliphatic carbocycles. The lowest BCUT2D eigenvalue weighted by Crippen LogP contribution is -2.45. The lowest BCUT2D eigenvalue weighted by atomic mass is 10.2. The lowest BCUT2D eigenvalue weighted by Gasteiger charge is -2.12. The molecule has 0 aliphatic heterocycles. The van der Waals surface area contributed by atoms with Gasteiger partial charge in [0, 0.05) is 11.6 Å². The van der Waals surface area contributed by atoms with Crippen LogP contribution in [0.25, 0.3) is 0 Å². The van der Waals surface area contributed by atoms with E-state index in [4.69, 9.17) is 9.47 Å². The molecule has 3 N–H and O–H groups in total. The Balaban J connectivity index is 1.62. The molecule has 0 aromatic heterocycles. The molecular formula is C21H29N3O6. The van der Waals surface area contributed by atoms with E-state index in [0.717, 1.165) is 38.5 Å². The van der Waals surface area contributed by atoms with E-state index in [2.05, 4.69) is 22.9 Å². The second-order valence-electron chi connectivity index (χ2n) is 7.07. The molecule has 2 rings (SSSR count). The van der Waals surface area contributed by atoms with Crippen LogP contribution in [0, 0.1) is 0 Å². The van der Waals surface area contributed by atoms with Crippen molar-refractivity contribution in [3.63, 3.8) is 0 Å². The summed E-state index contributed by atoms with van der Waals surface area (Å²) in [6.07, 6.45) is 5.88. The fourth-order valence-corrected chi connectivity index (χ4v) is 2.94. The molecule has 0 spiro atoms. The summed E-state index contributed by atoms with van der Waals surface area (Å²) < 4.78 is 10.3. The van der Waals surface area contributed by atoms with Gasteiger partial charge in [-0.05, 0) is 43.5 Å². The molecule has 1 fully saturated rings. The van der Waals surface area contributed by atoms with Crippen LogP contribution in [0.3, 0.4) is 0 Å². The molecule has 0 unspecified atom stereocenters. The third-order valence-corrected chi connectivity index (χ3v) is 4.58. The van der Waals surface area contributed by atoms with Crippen molar-refractivity contribution < 1.29 is 28.7 Å². The predicted octanol–water partition coefficient (Wildman–Crippen LogP) is 1.91. The average molecular weight is 419 g/mol. The van der Waals surface area contributed by atoms with Gasteiger partial charge in [-0.15, -0.1) is 0 Å².